The van der Waals surface area contributed by atoms with Crippen LogP contribution in [0.25, 0.3) is 0 Å². The van der Waals surface area contributed by atoms with Gasteiger partial charge in [0, 0.05) is 12.1 Å². The van der Waals surface area contributed by atoms with Crippen molar-refractivity contribution in [2.45, 2.75) is 77.1 Å². The molecular formula is C15H26F3N. The Morgan fingerprint density at radius 1 is 0.842 bits per heavy atom. The summed E-state index contributed by atoms with van der Waals surface area (Å²) >= 11 is 0. The van der Waals surface area contributed by atoms with Crippen LogP contribution in [0.3, 0.4) is 0 Å². The summed E-state index contributed by atoms with van der Waals surface area (Å²) in [4.78, 5) is 0. The summed E-state index contributed by atoms with van der Waals surface area (Å²) in [6.45, 7) is 4.41. The van der Waals surface area contributed by atoms with Crippen LogP contribution in [-0.4, -0.2) is 18.3 Å². The van der Waals surface area contributed by atoms with Crippen LogP contribution < -0.4 is 5.32 Å². The standard InChI is InChI=1S/C15H26F3N/c1-10-6-5-9-13(11(10)2)19-14-8-4-3-7-12(14)15(16,17)18/h10-14,19H,3-9H2,1-2H3. The Bertz CT molecular complexity index is 290. The lowest BCUT2D eigenvalue weighted by Crippen LogP contribution is -2.52. The monoisotopic (exact) mass is 277 g/mol. The third kappa shape index (κ3) is 3.65. The predicted octanol–water partition coefficient (Wildman–Crippen LogP) is 4.52. The smallest absolute Gasteiger partial charge is 0.310 e. The van der Waals surface area contributed by atoms with E-state index in [4.69, 9.17) is 0 Å². The van der Waals surface area contributed by atoms with Crippen LogP contribution in [0.15, 0.2) is 0 Å². The molecule has 2 aliphatic carbocycles. The lowest BCUT2D eigenvalue weighted by molar-refractivity contribution is -0.190. The molecule has 0 heterocycles. The van der Waals surface area contributed by atoms with Crippen molar-refractivity contribution in [1.82, 2.24) is 5.32 Å². The van der Waals surface area contributed by atoms with Gasteiger partial charge in [-0.2, -0.15) is 13.2 Å². The number of nitrogens with one attached hydrogen (secondary N) is 1. The van der Waals surface area contributed by atoms with Gasteiger partial charge in [0.05, 0.1) is 5.92 Å². The summed E-state index contributed by atoms with van der Waals surface area (Å²) in [5.74, 6) is -0.0191. The van der Waals surface area contributed by atoms with Crippen LogP contribution >= 0.6 is 0 Å². The van der Waals surface area contributed by atoms with Gasteiger partial charge in [0.2, 0.25) is 0 Å². The Morgan fingerprint density at radius 3 is 2.16 bits per heavy atom. The first kappa shape index (κ1) is 15.1. The van der Waals surface area contributed by atoms with E-state index >= 15 is 0 Å². The molecule has 2 rings (SSSR count). The second-order valence-corrected chi connectivity index (χ2v) is 6.58. The quantitative estimate of drug-likeness (QED) is 0.782. The predicted molar refractivity (Wildman–Crippen MR) is 70.9 cm³/mol. The molecule has 2 fully saturated rings. The summed E-state index contributed by atoms with van der Waals surface area (Å²) in [6.07, 6.45) is 1.99. The third-order valence-electron chi connectivity index (χ3n) is 5.32. The van der Waals surface area contributed by atoms with Crippen molar-refractivity contribution in [2.75, 3.05) is 0 Å². The molecule has 5 unspecified atom stereocenters. The van der Waals surface area contributed by atoms with Gasteiger partial charge in [-0.15, -0.1) is 0 Å². The largest absolute Gasteiger partial charge is 0.393 e. The van der Waals surface area contributed by atoms with E-state index in [9.17, 15) is 13.2 Å². The Labute approximate surface area is 114 Å². The molecule has 0 aromatic carbocycles. The average molecular weight is 277 g/mol. The van der Waals surface area contributed by atoms with E-state index in [0.29, 0.717) is 24.7 Å². The first-order chi connectivity index (χ1) is 8.89. The molecule has 4 heteroatoms. The number of rotatable bonds is 2. The lowest BCUT2D eigenvalue weighted by Gasteiger charge is -2.41. The van der Waals surface area contributed by atoms with E-state index in [2.05, 4.69) is 19.2 Å². The Kier molecular flexibility index (Phi) is 4.80. The van der Waals surface area contributed by atoms with Gasteiger partial charge in [0.15, 0.2) is 0 Å². The van der Waals surface area contributed by atoms with E-state index in [0.717, 1.165) is 25.7 Å². The molecule has 0 aliphatic heterocycles. The van der Waals surface area contributed by atoms with Gasteiger partial charge in [0.1, 0.15) is 0 Å². The topological polar surface area (TPSA) is 12.0 Å². The van der Waals surface area contributed by atoms with Crippen LogP contribution in [0.1, 0.15) is 58.8 Å². The maximum Gasteiger partial charge on any atom is 0.393 e. The van der Waals surface area contributed by atoms with Gasteiger partial charge in [-0.1, -0.05) is 39.5 Å². The van der Waals surface area contributed by atoms with Gasteiger partial charge < -0.3 is 5.32 Å². The van der Waals surface area contributed by atoms with E-state index < -0.39 is 12.1 Å². The first-order valence-corrected chi connectivity index (χ1v) is 7.72. The number of halogens is 3. The summed E-state index contributed by atoms with van der Waals surface area (Å²) < 4.78 is 39.2. The van der Waals surface area contributed by atoms with Gasteiger partial charge in [-0.25, -0.2) is 0 Å². The molecule has 112 valence electrons. The van der Waals surface area contributed by atoms with Crippen molar-refractivity contribution in [3.63, 3.8) is 0 Å². The summed E-state index contributed by atoms with van der Waals surface area (Å²) in [5.41, 5.74) is 0. The van der Waals surface area contributed by atoms with E-state index in [1.807, 2.05) is 0 Å². The normalized spacial score (nSPS) is 41.2. The zero-order chi connectivity index (χ0) is 14.0. The molecule has 5 atom stereocenters. The summed E-state index contributed by atoms with van der Waals surface area (Å²) in [7, 11) is 0. The second kappa shape index (κ2) is 6.02. The fourth-order valence-electron chi connectivity index (χ4n) is 3.81. The molecule has 0 spiro atoms. The average Bonchev–Trinajstić information content (AvgIpc) is 2.34. The van der Waals surface area contributed by atoms with Crippen molar-refractivity contribution in [1.29, 1.82) is 0 Å². The number of hydrogen-bond acceptors (Lipinski definition) is 1. The highest BCUT2D eigenvalue weighted by Gasteiger charge is 2.46. The Balaban J connectivity index is 1.99. The van der Waals surface area contributed by atoms with Crippen molar-refractivity contribution in [2.24, 2.45) is 17.8 Å². The van der Waals surface area contributed by atoms with Crippen molar-refractivity contribution in [3.05, 3.63) is 0 Å². The molecule has 19 heavy (non-hydrogen) atoms. The highest BCUT2D eigenvalue weighted by molar-refractivity contribution is 4.91. The first-order valence-electron chi connectivity index (χ1n) is 7.72. The number of hydrogen-bond donors (Lipinski definition) is 1. The Morgan fingerprint density at radius 2 is 1.47 bits per heavy atom. The summed E-state index contributed by atoms with van der Waals surface area (Å²) in [6, 6.07) is -0.0804. The van der Waals surface area contributed by atoms with E-state index in [1.54, 1.807) is 0 Å². The molecule has 1 N–H and O–H groups in total. The molecular weight excluding hydrogens is 251 g/mol. The fraction of sp³-hybridized carbons (Fsp3) is 1.00. The van der Waals surface area contributed by atoms with Gasteiger partial charge in [-0.05, 0) is 31.1 Å². The minimum Gasteiger partial charge on any atom is -0.310 e. The molecule has 0 aromatic rings. The van der Waals surface area contributed by atoms with E-state index in [-0.39, 0.29) is 12.1 Å². The van der Waals surface area contributed by atoms with Gasteiger partial charge in [0.25, 0.3) is 0 Å². The molecule has 0 aromatic heterocycles. The van der Waals surface area contributed by atoms with Crippen LogP contribution in [0.2, 0.25) is 0 Å². The highest BCUT2D eigenvalue weighted by Crippen LogP contribution is 2.39. The van der Waals surface area contributed by atoms with Crippen molar-refractivity contribution >= 4 is 0 Å². The van der Waals surface area contributed by atoms with Crippen LogP contribution in [0.5, 0.6) is 0 Å². The molecule has 0 radical (unpaired) electrons. The zero-order valence-electron chi connectivity index (χ0n) is 12.0. The van der Waals surface area contributed by atoms with Crippen LogP contribution in [0.4, 0.5) is 13.2 Å². The molecule has 1 nitrogen and oxygen atoms in total. The van der Waals surface area contributed by atoms with Gasteiger partial charge in [-0.3, -0.25) is 0 Å². The maximum absolute atomic E-state index is 13.1. The molecule has 2 aliphatic rings. The highest BCUT2D eigenvalue weighted by atomic mass is 19.4. The second-order valence-electron chi connectivity index (χ2n) is 6.58. The molecule has 2 saturated carbocycles. The maximum atomic E-state index is 13.1. The van der Waals surface area contributed by atoms with Crippen molar-refractivity contribution < 1.29 is 13.2 Å². The zero-order valence-corrected chi connectivity index (χ0v) is 12.0. The fourth-order valence-corrected chi connectivity index (χ4v) is 3.81. The SMILES string of the molecule is CC1CCCC(NC2CCCCC2C(F)(F)F)C1C. The minimum atomic E-state index is -4.04. The molecule has 0 amide bonds. The van der Waals surface area contributed by atoms with Crippen LogP contribution in [0, 0.1) is 17.8 Å². The van der Waals surface area contributed by atoms with Crippen molar-refractivity contribution in [3.8, 4) is 0 Å². The van der Waals surface area contributed by atoms with E-state index in [1.165, 1.54) is 6.42 Å². The van der Waals surface area contributed by atoms with Crippen LogP contribution in [-0.2, 0) is 0 Å². The summed E-state index contributed by atoms with van der Waals surface area (Å²) in [5, 5.41) is 3.37. The number of alkyl halides is 3. The minimum absolute atomic E-state index is 0.275. The lowest BCUT2D eigenvalue weighted by atomic mass is 9.76. The molecule has 0 bridgehead atoms. The van der Waals surface area contributed by atoms with Gasteiger partial charge >= 0.3 is 6.18 Å². The Hall–Kier alpha value is -0.250. The third-order valence-corrected chi connectivity index (χ3v) is 5.32. The molecule has 0 saturated heterocycles.